The Morgan fingerprint density at radius 2 is 1.94 bits per heavy atom. The Balaban J connectivity index is 1.65. The van der Waals surface area contributed by atoms with Crippen LogP contribution in [0.2, 0.25) is 0 Å². The largest absolute Gasteiger partial charge is 0.308 e. The van der Waals surface area contributed by atoms with Crippen molar-refractivity contribution in [3.8, 4) is 0 Å². The highest BCUT2D eigenvalue weighted by Gasteiger charge is 2.47. The summed E-state index contributed by atoms with van der Waals surface area (Å²) in [7, 11) is 0. The average Bonchev–Trinajstić information content (AvgIpc) is 2.97. The Labute approximate surface area is 110 Å². The quantitative estimate of drug-likeness (QED) is 0.833. The maximum Gasteiger partial charge on any atom is 0.0309 e. The van der Waals surface area contributed by atoms with E-state index in [2.05, 4.69) is 35.2 Å². The van der Waals surface area contributed by atoms with Gasteiger partial charge in [-0.3, -0.25) is 4.90 Å². The first-order valence-corrected chi connectivity index (χ1v) is 8.44. The lowest BCUT2D eigenvalue weighted by Crippen LogP contribution is -2.63. The Bertz CT molecular complexity index is 282. The first kappa shape index (κ1) is 12.3. The van der Waals surface area contributed by atoms with Crippen molar-refractivity contribution in [2.45, 2.75) is 61.8 Å². The van der Waals surface area contributed by atoms with E-state index in [9.17, 15) is 0 Å². The van der Waals surface area contributed by atoms with Gasteiger partial charge in [0, 0.05) is 36.0 Å². The van der Waals surface area contributed by atoms with Crippen LogP contribution in [0.3, 0.4) is 0 Å². The summed E-state index contributed by atoms with van der Waals surface area (Å²) in [5, 5.41) is 3.85. The van der Waals surface area contributed by atoms with E-state index in [4.69, 9.17) is 0 Å². The highest BCUT2D eigenvalue weighted by Crippen LogP contribution is 2.48. The minimum Gasteiger partial charge on any atom is -0.308 e. The number of thioether (sulfide) groups is 1. The molecule has 0 radical (unpaired) electrons. The Morgan fingerprint density at radius 1 is 1.24 bits per heavy atom. The summed E-state index contributed by atoms with van der Waals surface area (Å²) in [5.41, 5.74) is 0.487. The lowest BCUT2D eigenvalue weighted by atomic mass is 9.92. The Hall–Kier alpha value is 0.270. The molecule has 17 heavy (non-hydrogen) atoms. The molecule has 0 amide bonds. The molecule has 1 aliphatic heterocycles. The highest BCUT2D eigenvalue weighted by molar-refractivity contribution is 8.00. The van der Waals surface area contributed by atoms with E-state index >= 15 is 0 Å². The summed E-state index contributed by atoms with van der Waals surface area (Å²) in [6.07, 6.45) is 10.9. The molecule has 3 heteroatoms. The van der Waals surface area contributed by atoms with Gasteiger partial charge in [0.2, 0.25) is 0 Å². The molecule has 3 fully saturated rings. The van der Waals surface area contributed by atoms with Gasteiger partial charge in [-0.1, -0.05) is 12.8 Å². The maximum atomic E-state index is 3.85. The predicted molar refractivity (Wildman–Crippen MR) is 75.7 cm³/mol. The molecular weight excluding hydrogens is 228 g/mol. The van der Waals surface area contributed by atoms with Gasteiger partial charge in [0.05, 0.1) is 0 Å². The van der Waals surface area contributed by atoms with Gasteiger partial charge in [0.1, 0.15) is 0 Å². The summed E-state index contributed by atoms with van der Waals surface area (Å²) in [4.78, 5) is 2.78. The van der Waals surface area contributed by atoms with Crippen molar-refractivity contribution in [2.75, 3.05) is 25.9 Å². The molecule has 1 unspecified atom stereocenters. The molecule has 0 aromatic carbocycles. The number of hydrogen-bond acceptors (Lipinski definition) is 3. The fourth-order valence-electron chi connectivity index (χ4n) is 3.63. The van der Waals surface area contributed by atoms with E-state index in [1.807, 2.05) is 0 Å². The molecule has 1 saturated heterocycles. The number of piperazine rings is 1. The molecule has 2 aliphatic carbocycles. The van der Waals surface area contributed by atoms with Gasteiger partial charge in [0.15, 0.2) is 0 Å². The Morgan fingerprint density at radius 3 is 2.53 bits per heavy atom. The molecular formula is C14H26N2S. The molecule has 0 aromatic rings. The second-order valence-electron chi connectivity index (χ2n) is 6.51. The smallest absolute Gasteiger partial charge is 0.0309 e. The van der Waals surface area contributed by atoms with Gasteiger partial charge in [-0.05, 0) is 38.9 Å². The van der Waals surface area contributed by atoms with E-state index in [-0.39, 0.29) is 0 Å². The second-order valence-corrected chi connectivity index (χ2v) is 7.78. The van der Waals surface area contributed by atoms with Crippen molar-refractivity contribution in [3.63, 3.8) is 0 Å². The zero-order valence-corrected chi connectivity index (χ0v) is 12.1. The summed E-state index contributed by atoms with van der Waals surface area (Å²) in [6.45, 7) is 6.23. The van der Waals surface area contributed by atoms with Crippen molar-refractivity contribution in [1.82, 2.24) is 10.2 Å². The summed E-state index contributed by atoms with van der Waals surface area (Å²) in [5.74, 6) is 0. The van der Waals surface area contributed by atoms with E-state index in [1.54, 1.807) is 0 Å². The zero-order chi connectivity index (χ0) is 11.9. The molecule has 1 spiro atoms. The molecule has 0 bridgehead atoms. The first-order valence-electron chi connectivity index (χ1n) is 7.21. The minimum atomic E-state index is 0.487. The molecule has 3 aliphatic rings. The topological polar surface area (TPSA) is 15.3 Å². The van der Waals surface area contributed by atoms with Crippen LogP contribution in [0.5, 0.6) is 0 Å². The van der Waals surface area contributed by atoms with E-state index in [0.29, 0.717) is 10.3 Å². The second kappa shape index (κ2) is 4.43. The zero-order valence-electron chi connectivity index (χ0n) is 11.3. The molecule has 3 rings (SSSR count). The molecule has 0 aromatic heterocycles. The van der Waals surface area contributed by atoms with Gasteiger partial charge < -0.3 is 5.32 Å². The molecule has 2 saturated carbocycles. The number of nitrogens with zero attached hydrogens (tertiary/aromatic N) is 1. The maximum absolute atomic E-state index is 3.85. The van der Waals surface area contributed by atoms with Crippen molar-refractivity contribution >= 4 is 11.8 Å². The van der Waals surface area contributed by atoms with E-state index < -0.39 is 0 Å². The predicted octanol–water partition coefficient (Wildman–Crippen LogP) is 2.49. The van der Waals surface area contributed by atoms with Crippen LogP contribution in [0.15, 0.2) is 0 Å². The fourth-order valence-corrected chi connectivity index (χ4v) is 4.43. The molecule has 2 nitrogen and oxygen atoms in total. The SMILES string of the molecule is CSC1(CN2CC3(CCCC3)NCC2C)CC1. The summed E-state index contributed by atoms with van der Waals surface area (Å²) < 4.78 is 0.630. The van der Waals surface area contributed by atoms with Crippen LogP contribution in [0.4, 0.5) is 0 Å². The average molecular weight is 254 g/mol. The molecule has 1 N–H and O–H groups in total. The summed E-state index contributed by atoms with van der Waals surface area (Å²) >= 11 is 2.10. The van der Waals surface area contributed by atoms with E-state index in [1.165, 1.54) is 58.2 Å². The lowest BCUT2D eigenvalue weighted by molar-refractivity contribution is 0.0880. The van der Waals surface area contributed by atoms with Gasteiger partial charge in [-0.25, -0.2) is 0 Å². The van der Waals surface area contributed by atoms with Crippen LogP contribution < -0.4 is 5.32 Å². The summed E-state index contributed by atoms with van der Waals surface area (Å²) in [6, 6.07) is 0.728. The monoisotopic (exact) mass is 254 g/mol. The van der Waals surface area contributed by atoms with Crippen LogP contribution in [-0.4, -0.2) is 47.1 Å². The van der Waals surface area contributed by atoms with Crippen LogP contribution in [0, 0.1) is 0 Å². The van der Waals surface area contributed by atoms with Gasteiger partial charge in [0.25, 0.3) is 0 Å². The highest BCUT2D eigenvalue weighted by atomic mass is 32.2. The number of hydrogen-bond donors (Lipinski definition) is 1. The van der Waals surface area contributed by atoms with Gasteiger partial charge in [-0.15, -0.1) is 0 Å². The van der Waals surface area contributed by atoms with Crippen LogP contribution in [0.1, 0.15) is 45.4 Å². The lowest BCUT2D eigenvalue weighted by Gasteiger charge is -2.46. The van der Waals surface area contributed by atoms with Crippen molar-refractivity contribution in [2.24, 2.45) is 0 Å². The van der Waals surface area contributed by atoms with E-state index in [0.717, 1.165) is 6.04 Å². The van der Waals surface area contributed by atoms with Gasteiger partial charge >= 0.3 is 0 Å². The number of nitrogens with one attached hydrogen (secondary N) is 1. The molecule has 1 atom stereocenters. The van der Waals surface area contributed by atoms with Gasteiger partial charge in [-0.2, -0.15) is 11.8 Å². The van der Waals surface area contributed by atoms with Crippen molar-refractivity contribution < 1.29 is 0 Å². The molecule has 98 valence electrons. The molecule has 1 heterocycles. The normalized spacial score (nSPS) is 35.3. The van der Waals surface area contributed by atoms with Crippen molar-refractivity contribution in [1.29, 1.82) is 0 Å². The van der Waals surface area contributed by atoms with Crippen LogP contribution in [0.25, 0.3) is 0 Å². The third-order valence-electron chi connectivity index (χ3n) is 5.19. The minimum absolute atomic E-state index is 0.487. The standard InChI is InChI=1S/C14H26N2S/c1-12-9-15-13(5-3-4-6-13)10-16(12)11-14(17-2)7-8-14/h12,15H,3-11H2,1-2H3. The van der Waals surface area contributed by atoms with Crippen molar-refractivity contribution in [3.05, 3.63) is 0 Å². The van der Waals surface area contributed by atoms with Crippen LogP contribution in [-0.2, 0) is 0 Å². The third kappa shape index (κ3) is 2.39. The first-order chi connectivity index (χ1) is 8.17. The Kier molecular flexibility index (Phi) is 3.21. The fraction of sp³-hybridized carbons (Fsp3) is 1.00. The van der Waals surface area contributed by atoms with Crippen LogP contribution >= 0.6 is 11.8 Å². The number of rotatable bonds is 3. The third-order valence-corrected chi connectivity index (χ3v) is 6.60.